The molecule has 4 fully saturated rings. The van der Waals surface area contributed by atoms with Crippen LogP contribution < -0.4 is 11.3 Å². The van der Waals surface area contributed by atoms with Crippen molar-refractivity contribution in [2.24, 2.45) is 23.6 Å². The first-order valence-electron chi connectivity index (χ1n) is 8.44. The summed E-state index contributed by atoms with van der Waals surface area (Å²) in [5, 5.41) is 0. The van der Waals surface area contributed by atoms with E-state index in [0.29, 0.717) is 5.92 Å². The average Bonchev–Trinajstić information content (AvgIpc) is 2.45. The molecule has 1 aromatic rings. The van der Waals surface area contributed by atoms with Crippen molar-refractivity contribution in [3.63, 3.8) is 0 Å². The molecule has 4 aliphatic rings. The monoisotopic (exact) mass is 286 g/mol. The predicted molar refractivity (Wildman–Crippen MR) is 83.8 cm³/mol. The van der Waals surface area contributed by atoms with Crippen LogP contribution in [0.25, 0.3) is 0 Å². The van der Waals surface area contributed by atoms with Crippen LogP contribution in [0.3, 0.4) is 0 Å². The standard InChI is InChI=1S/C17H26N4/c1-10(2)14-6-15(21-18)20-16(19-14)17-7-11-3-12(8-17)5-13(4-11)9-17/h6,10-13H,3-5,7-9,18H2,1-2H3,(H,19,20,21). The molecule has 21 heavy (non-hydrogen) atoms. The van der Waals surface area contributed by atoms with Crippen LogP contribution in [0.4, 0.5) is 5.82 Å². The number of nitrogen functional groups attached to an aromatic ring is 1. The minimum Gasteiger partial charge on any atom is -0.308 e. The molecular weight excluding hydrogens is 260 g/mol. The van der Waals surface area contributed by atoms with Crippen LogP contribution in [-0.4, -0.2) is 9.97 Å². The maximum absolute atomic E-state index is 5.64. The lowest BCUT2D eigenvalue weighted by atomic mass is 9.49. The fraction of sp³-hybridized carbons (Fsp3) is 0.765. The third-order valence-corrected chi connectivity index (χ3v) is 6.00. The number of nitrogens with zero attached hydrogens (tertiary/aromatic N) is 2. The highest BCUT2D eigenvalue weighted by molar-refractivity contribution is 5.37. The average molecular weight is 286 g/mol. The summed E-state index contributed by atoms with van der Waals surface area (Å²) >= 11 is 0. The molecule has 4 nitrogen and oxygen atoms in total. The van der Waals surface area contributed by atoms with Crippen molar-refractivity contribution >= 4 is 5.82 Å². The lowest BCUT2D eigenvalue weighted by molar-refractivity contribution is -0.00944. The molecular formula is C17H26N4. The van der Waals surface area contributed by atoms with E-state index in [9.17, 15) is 0 Å². The Bertz CT molecular complexity index is 516. The minimum atomic E-state index is 0.241. The van der Waals surface area contributed by atoms with Crippen LogP contribution in [0.2, 0.25) is 0 Å². The Balaban J connectivity index is 1.77. The summed E-state index contributed by atoms with van der Waals surface area (Å²) < 4.78 is 0. The molecule has 0 saturated heterocycles. The summed E-state index contributed by atoms with van der Waals surface area (Å²) in [6, 6.07) is 1.99. The van der Waals surface area contributed by atoms with E-state index in [1.807, 2.05) is 6.07 Å². The van der Waals surface area contributed by atoms with E-state index in [-0.39, 0.29) is 5.41 Å². The van der Waals surface area contributed by atoms with Crippen molar-refractivity contribution in [1.82, 2.24) is 9.97 Å². The lowest BCUT2D eigenvalue weighted by Gasteiger charge is -2.56. The molecule has 1 aromatic heterocycles. The zero-order chi connectivity index (χ0) is 14.6. The highest BCUT2D eigenvalue weighted by atomic mass is 15.3. The third kappa shape index (κ3) is 2.15. The first-order chi connectivity index (χ1) is 10.1. The van der Waals surface area contributed by atoms with E-state index in [0.717, 1.165) is 35.1 Å². The number of rotatable bonds is 3. The molecule has 4 aliphatic carbocycles. The van der Waals surface area contributed by atoms with Gasteiger partial charge in [0.15, 0.2) is 0 Å². The van der Waals surface area contributed by atoms with Gasteiger partial charge in [-0.15, -0.1) is 0 Å². The third-order valence-electron chi connectivity index (χ3n) is 6.00. The molecule has 0 spiro atoms. The van der Waals surface area contributed by atoms with E-state index in [1.165, 1.54) is 38.5 Å². The van der Waals surface area contributed by atoms with E-state index in [2.05, 4.69) is 19.3 Å². The second-order valence-electron chi connectivity index (χ2n) is 8.00. The number of nitrogens with two attached hydrogens (primary N) is 1. The van der Waals surface area contributed by atoms with Gasteiger partial charge in [-0.1, -0.05) is 13.8 Å². The van der Waals surface area contributed by atoms with Crippen molar-refractivity contribution in [2.45, 2.75) is 63.7 Å². The second kappa shape index (κ2) is 4.67. The predicted octanol–water partition coefficient (Wildman–Crippen LogP) is 3.35. The van der Waals surface area contributed by atoms with E-state index >= 15 is 0 Å². The van der Waals surface area contributed by atoms with E-state index < -0.39 is 0 Å². The van der Waals surface area contributed by atoms with Crippen LogP contribution in [-0.2, 0) is 5.41 Å². The Morgan fingerprint density at radius 2 is 1.67 bits per heavy atom. The van der Waals surface area contributed by atoms with Crippen molar-refractivity contribution in [3.05, 3.63) is 17.6 Å². The first kappa shape index (κ1) is 13.5. The summed E-state index contributed by atoms with van der Waals surface area (Å²) in [6.07, 6.45) is 8.24. The van der Waals surface area contributed by atoms with Crippen LogP contribution in [0, 0.1) is 17.8 Å². The zero-order valence-electron chi connectivity index (χ0n) is 13.1. The SMILES string of the molecule is CC(C)c1cc(NN)nc(C23CC4CC(CC(C4)C2)C3)n1. The van der Waals surface area contributed by atoms with Gasteiger partial charge >= 0.3 is 0 Å². The van der Waals surface area contributed by atoms with Crippen LogP contribution in [0.15, 0.2) is 6.07 Å². The Hall–Kier alpha value is -1.16. The van der Waals surface area contributed by atoms with Crippen molar-refractivity contribution < 1.29 is 0 Å². The summed E-state index contributed by atoms with van der Waals surface area (Å²) in [5.41, 5.74) is 4.10. The Kier molecular flexibility index (Phi) is 3.00. The van der Waals surface area contributed by atoms with Gasteiger partial charge < -0.3 is 5.43 Å². The van der Waals surface area contributed by atoms with Crippen LogP contribution in [0.5, 0.6) is 0 Å². The minimum absolute atomic E-state index is 0.241. The largest absolute Gasteiger partial charge is 0.308 e. The zero-order valence-corrected chi connectivity index (χ0v) is 13.1. The normalized spacial score (nSPS) is 37.2. The molecule has 4 saturated carbocycles. The van der Waals surface area contributed by atoms with Gasteiger partial charge in [0.05, 0.1) is 0 Å². The van der Waals surface area contributed by atoms with Crippen LogP contribution in [0.1, 0.15) is 69.8 Å². The quantitative estimate of drug-likeness (QED) is 0.660. The Morgan fingerprint density at radius 1 is 1.10 bits per heavy atom. The molecule has 0 aliphatic heterocycles. The molecule has 0 amide bonds. The van der Waals surface area contributed by atoms with Gasteiger partial charge in [-0.3, -0.25) is 0 Å². The molecule has 0 unspecified atom stereocenters. The first-order valence-corrected chi connectivity index (χ1v) is 8.44. The molecule has 0 radical (unpaired) electrons. The highest BCUT2D eigenvalue weighted by Crippen LogP contribution is 2.60. The Morgan fingerprint density at radius 3 is 2.14 bits per heavy atom. The Labute approximate surface area is 126 Å². The second-order valence-corrected chi connectivity index (χ2v) is 8.00. The molecule has 3 N–H and O–H groups in total. The van der Waals surface area contributed by atoms with Crippen molar-refractivity contribution in [2.75, 3.05) is 5.43 Å². The lowest BCUT2D eigenvalue weighted by Crippen LogP contribution is -2.49. The molecule has 5 rings (SSSR count). The van der Waals surface area contributed by atoms with Gasteiger partial charge in [-0.2, -0.15) is 0 Å². The van der Waals surface area contributed by atoms with E-state index in [4.69, 9.17) is 15.8 Å². The van der Waals surface area contributed by atoms with Gasteiger partial charge in [0, 0.05) is 17.2 Å². The molecule has 4 heteroatoms. The van der Waals surface area contributed by atoms with Crippen molar-refractivity contribution in [3.8, 4) is 0 Å². The van der Waals surface area contributed by atoms with Gasteiger partial charge in [-0.25, -0.2) is 15.8 Å². The molecule has 4 bridgehead atoms. The summed E-state index contributed by atoms with van der Waals surface area (Å²) in [5.74, 6) is 10.6. The molecule has 0 aromatic carbocycles. The van der Waals surface area contributed by atoms with Gasteiger partial charge in [0.25, 0.3) is 0 Å². The number of aromatic nitrogens is 2. The van der Waals surface area contributed by atoms with Crippen LogP contribution >= 0.6 is 0 Å². The topological polar surface area (TPSA) is 63.8 Å². The number of hydrogen-bond acceptors (Lipinski definition) is 4. The summed E-state index contributed by atoms with van der Waals surface area (Å²) in [7, 11) is 0. The smallest absolute Gasteiger partial charge is 0.143 e. The molecule has 0 atom stereocenters. The van der Waals surface area contributed by atoms with Gasteiger partial charge in [-0.05, 0) is 62.2 Å². The summed E-state index contributed by atoms with van der Waals surface area (Å²) in [4.78, 5) is 9.74. The maximum atomic E-state index is 5.64. The molecule has 1 heterocycles. The van der Waals surface area contributed by atoms with E-state index in [1.54, 1.807) is 0 Å². The number of nitrogens with one attached hydrogen (secondary N) is 1. The van der Waals surface area contributed by atoms with Gasteiger partial charge in [0.2, 0.25) is 0 Å². The molecule has 114 valence electrons. The fourth-order valence-electron chi connectivity index (χ4n) is 5.46. The maximum Gasteiger partial charge on any atom is 0.143 e. The highest BCUT2D eigenvalue weighted by Gasteiger charge is 2.53. The number of anilines is 1. The van der Waals surface area contributed by atoms with Crippen molar-refractivity contribution in [1.29, 1.82) is 0 Å². The summed E-state index contributed by atoms with van der Waals surface area (Å²) in [6.45, 7) is 4.37. The number of hydrazine groups is 1. The van der Waals surface area contributed by atoms with Gasteiger partial charge in [0.1, 0.15) is 11.6 Å². The number of hydrogen-bond donors (Lipinski definition) is 2. The fourth-order valence-corrected chi connectivity index (χ4v) is 5.46.